The number of benzene rings is 1. The lowest BCUT2D eigenvalue weighted by Gasteiger charge is -2.29. The maximum absolute atomic E-state index is 11.8. The van der Waals surface area contributed by atoms with Crippen molar-refractivity contribution in [2.45, 2.75) is 12.5 Å². The second-order valence-corrected chi connectivity index (χ2v) is 3.95. The van der Waals surface area contributed by atoms with Crippen LogP contribution in [0.25, 0.3) is 0 Å². The summed E-state index contributed by atoms with van der Waals surface area (Å²) >= 11 is 0. The number of para-hydroxylation sites is 1. The first-order chi connectivity index (χ1) is 9.17. The van der Waals surface area contributed by atoms with Crippen LogP contribution in [-0.2, 0) is 9.47 Å². The molecular formula is C13H12N2O4. The summed E-state index contributed by atoms with van der Waals surface area (Å²) in [7, 11) is 1.28. The fraction of sp³-hybridized carbons (Fsp3) is 0.308. The molecule has 1 aromatic rings. The highest BCUT2D eigenvalue weighted by molar-refractivity contribution is 6.01. The Bertz CT molecular complexity index is 550. The third-order valence-electron chi connectivity index (χ3n) is 2.82. The third kappa shape index (κ3) is 2.50. The van der Waals surface area contributed by atoms with Crippen LogP contribution in [0.5, 0.6) is 0 Å². The molecule has 1 aliphatic heterocycles. The molecule has 1 unspecified atom stereocenters. The Morgan fingerprint density at radius 2 is 2.26 bits per heavy atom. The van der Waals surface area contributed by atoms with Gasteiger partial charge in [0.1, 0.15) is 6.07 Å². The van der Waals surface area contributed by atoms with E-state index in [1.165, 1.54) is 12.0 Å². The lowest BCUT2D eigenvalue weighted by molar-refractivity contribution is 0.0601. The topological polar surface area (TPSA) is 79.6 Å². The predicted molar refractivity (Wildman–Crippen MR) is 65.6 cm³/mol. The predicted octanol–water partition coefficient (Wildman–Crippen LogP) is 1.71. The number of ether oxygens (including phenoxy) is 2. The molecule has 1 atom stereocenters. The van der Waals surface area contributed by atoms with Gasteiger partial charge in [0, 0.05) is 13.0 Å². The number of carbonyl (C=O) groups excluding carboxylic acids is 2. The van der Waals surface area contributed by atoms with E-state index in [4.69, 9.17) is 10.00 Å². The largest absolute Gasteiger partial charge is 0.465 e. The second-order valence-electron chi connectivity index (χ2n) is 3.95. The summed E-state index contributed by atoms with van der Waals surface area (Å²) in [5, 5.41) is 8.73. The van der Waals surface area contributed by atoms with Crippen molar-refractivity contribution in [2.24, 2.45) is 0 Å². The van der Waals surface area contributed by atoms with E-state index in [9.17, 15) is 9.59 Å². The average Bonchev–Trinajstić information content (AvgIpc) is 2.46. The van der Waals surface area contributed by atoms with Gasteiger partial charge in [-0.2, -0.15) is 5.26 Å². The molecule has 1 aromatic carbocycles. The Kier molecular flexibility index (Phi) is 3.66. The van der Waals surface area contributed by atoms with Crippen LogP contribution in [0.1, 0.15) is 16.8 Å². The first kappa shape index (κ1) is 12.9. The third-order valence-corrected chi connectivity index (χ3v) is 2.82. The van der Waals surface area contributed by atoms with Crippen LogP contribution in [0.3, 0.4) is 0 Å². The van der Waals surface area contributed by atoms with Crippen LogP contribution < -0.4 is 4.90 Å². The molecule has 0 spiro atoms. The van der Waals surface area contributed by atoms with Gasteiger partial charge in [-0.3, -0.25) is 4.90 Å². The van der Waals surface area contributed by atoms with Crippen LogP contribution in [0.4, 0.5) is 10.5 Å². The normalized spacial score (nSPS) is 18.4. The maximum atomic E-state index is 11.8. The van der Waals surface area contributed by atoms with Gasteiger partial charge in [-0.25, -0.2) is 9.59 Å². The molecule has 2 rings (SSSR count). The highest BCUT2D eigenvalue weighted by Crippen LogP contribution is 2.25. The molecule has 19 heavy (non-hydrogen) atoms. The molecule has 1 aliphatic rings. The van der Waals surface area contributed by atoms with Gasteiger partial charge in [-0.15, -0.1) is 0 Å². The summed E-state index contributed by atoms with van der Waals surface area (Å²) in [6.45, 7) is 0.324. The molecule has 0 radical (unpaired) electrons. The Balaban J connectivity index is 2.30. The minimum absolute atomic E-state index is 0.289. The summed E-state index contributed by atoms with van der Waals surface area (Å²) in [5.74, 6) is -0.522. The molecule has 0 bridgehead atoms. The molecule has 0 N–H and O–H groups in total. The van der Waals surface area contributed by atoms with Crippen LogP contribution in [0.15, 0.2) is 24.3 Å². The maximum Gasteiger partial charge on any atom is 0.415 e. The molecular weight excluding hydrogens is 248 g/mol. The molecule has 0 aromatic heterocycles. The highest BCUT2D eigenvalue weighted by Gasteiger charge is 2.30. The van der Waals surface area contributed by atoms with Crippen LogP contribution in [0.2, 0.25) is 0 Å². The zero-order valence-corrected chi connectivity index (χ0v) is 10.3. The average molecular weight is 260 g/mol. The van der Waals surface area contributed by atoms with E-state index < -0.39 is 18.2 Å². The van der Waals surface area contributed by atoms with E-state index in [-0.39, 0.29) is 5.56 Å². The molecule has 1 amide bonds. The fourth-order valence-electron chi connectivity index (χ4n) is 1.88. The van der Waals surface area contributed by atoms with Crippen LogP contribution >= 0.6 is 0 Å². The summed E-state index contributed by atoms with van der Waals surface area (Å²) in [6.07, 6.45) is -0.958. The van der Waals surface area contributed by atoms with Gasteiger partial charge in [-0.1, -0.05) is 12.1 Å². The van der Waals surface area contributed by atoms with Gasteiger partial charge in [0.15, 0.2) is 6.10 Å². The Hall–Kier alpha value is -2.55. The number of rotatable bonds is 2. The Morgan fingerprint density at radius 3 is 2.89 bits per heavy atom. The monoisotopic (exact) mass is 260 g/mol. The van der Waals surface area contributed by atoms with E-state index in [1.54, 1.807) is 24.3 Å². The second kappa shape index (κ2) is 5.40. The van der Waals surface area contributed by atoms with Crippen molar-refractivity contribution in [1.82, 2.24) is 0 Å². The van der Waals surface area contributed by atoms with Gasteiger partial charge >= 0.3 is 12.1 Å². The van der Waals surface area contributed by atoms with E-state index in [2.05, 4.69) is 4.74 Å². The molecule has 0 aliphatic carbocycles. The van der Waals surface area contributed by atoms with E-state index in [0.717, 1.165) is 0 Å². The number of amides is 1. The number of esters is 1. The molecule has 98 valence electrons. The molecule has 1 fully saturated rings. The van der Waals surface area contributed by atoms with E-state index in [0.29, 0.717) is 18.7 Å². The number of hydrogen-bond donors (Lipinski definition) is 0. The molecule has 1 heterocycles. The number of hydrogen-bond acceptors (Lipinski definition) is 5. The van der Waals surface area contributed by atoms with E-state index >= 15 is 0 Å². The zero-order valence-electron chi connectivity index (χ0n) is 10.3. The van der Waals surface area contributed by atoms with Crippen LogP contribution in [0, 0.1) is 11.3 Å². The minimum atomic E-state index is -0.728. The number of methoxy groups -OCH3 is 1. The lowest BCUT2D eigenvalue weighted by atomic mass is 10.1. The van der Waals surface area contributed by atoms with Crippen molar-refractivity contribution in [3.8, 4) is 6.07 Å². The van der Waals surface area contributed by atoms with Crippen molar-refractivity contribution >= 4 is 17.7 Å². The number of nitrogens with zero attached hydrogens (tertiary/aromatic N) is 2. The van der Waals surface area contributed by atoms with Crippen molar-refractivity contribution in [1.29, 1.82) is 5.26 Å². The standard InChI is InChI=1S/C13H12N2O4/c1-18-12(16)10-4-2-3-5-11(10)15-7-6-9(8-14)19-13(15)17/h2-5,9H,6-7H2,1H3. The summed E-state index contributed by atoms with van der Waals surface area (Å²) in [4.78, 5) is 24.8. The first-order valence-corrected chi connectivity index (χ1v) is 5.72. The minimum Gasteiger partial charge on any atom is -0.465 e. The zero-order chi connectivity index (χ0) is 13.8. The molecule has 6 nitrogen and oxygen atoms in total. The SMILES string of the molecule is COC(=O)c1ccccc1N1CCC(C#N)OC1=O. The summed E-state index contributed by atoms with van der Waals surface area (Å²) in [6, 6.07) is 8.50. The highest BCUT2D eigenvalue weighted by atomic mass is 16.6. The van der Waals surface area contributed by atoms with E-state index in [1.807, 2.05) is 6.07 Å². The van der Waals surface area contributed by atoms with Crippen molar-refractivity contribution in [2.75, 3.05) is 18.6 Å². The number of nitriles is 1. The summed E-state index contributed by atoms with van der Waals surface area (Å²) in [5.41, 5.74) is 0.716. The molecule has 0 saturated carbocycles. The number of anilines is 1. The Labute approximate surface area is 110 Å². The van der Waals surface area contributed by atoms with Gasteiger partial charge in [0.2, 0.25) is 0 Å². The van der Waals surface area contributed by atoms with Crippen molar-refractivity contribution in [3.05, 3.63) is 29.8 Å². The van der Waals surface area contributed by atoms with Crippen molar-refractivity contribution in [3.63, 3.8) is 0 Å². The van der Waals surface area contributed by atoms with Gasteiger partial charge in [0.25, 0.3) is 0 Å². The fourth-order valence-corrected chi connectivity index (χ4v) is 1.88. The Morgan fingerprint density at radius 1 is 1.53 bits per heavy atom. The van der Waals surface area contributed by atoms with Crippen molar-refractivity contribution < 1.29 is 19.1 Å². The van der Waals surface area contributed by atoms with Gasteiger partial charge < -0.3 is 9.47 Å². The van der Waals surface area contributed by atoms with Gasteiger partial charge in [-0.05, 0) is 12.1 Å². The number of cyclic esters (lactones) is 1. The summed E-state index contributed by atoms with van der Waals surface area (Å²) < 4.78 is 9.62. The first-order valence-electron chi connectivity index (χ1n) is 5.72. The lowest BCUT2D eigenvalue weighted by Crippen LogP contribution is -2.42. The number of carbonyl (C=O) groups is 2. The molecule has 1 saturated heterocycles. The van der Waals surface area contributed by atoms with Gasteiger partial charge in [0.05, 0.1) is 18.4 Å². The van der Waals surface area contributed by atoms with Crippen LogP contribution in [-0.4, -0.2) is 31.8 Å². The smallest absolute Gasteiger partial charge is 0.415 e. The quantitative estimate of drug-likeness (QED) is 0.756. The molecule has 6 heteroatoms.